The Bertz CT molecular complexity index is 713. The molecular formula is C19H24N4O. The summed E-state index contributed by atoms with van der Waals surface area (Å²) in [5.41, 5.74) is 2.37. The maximum atomic E-state index is 12.8. The van der Waals surface area contributed by atoms with Crippen molar-refractivity contribution in [2.45, 2.75) is 45.1 Å². The number of amides is 1. The van der Waals surface area contributed by atoms with E-state index in [0.29, 0.717) is 11.8 Å². The second kappa shape index (κ2) is 6.38. The van der Waals surface area contributed by atoms with Gasteiger partial charge in [-0.15, -0.1) is 0 Å². The van der Waals surface area contributed by atoms with E-state index >= 15 is 0 Å². The molecule has 0 N–H and O–H groups in total. The van der Waals surface area contributed by atoms with Crippen LogP contribution in [0, 0.1) is 12.8 Å². The van der Waals surface area contributed by atoms with E-state index in [-0.39, 0.29) is 5.92 Å². The number of pyridine rings is 1. The third kappa shape index (κ3) is 2.95. The summed E-state index contributed by atoms with van der Waals surface area (Å²) in [6, 6.07) is 4.27. The third-order valence-electron chi connectivity index (χ3n) is 5.51. The number of hydrogen-bond acceptors (Lipinski definition) is 3. The molecule has 2 aliphatic heterocycles. The fraction of sp³-hybridized carbons (Fsp3) is 0.526. The van der Waals surface area contributed by atoms with E-state index < -0.39 is 0 Å². The predicted molar refractivity (Wildman–Crippen MR) is 91.6 cm³/mol. The van der Waals surface area contributed by atoms with Gasteiger partial charge in [-0.3, -0.25) is 9.78 Å². The van der Waals surface area contributed by atoms with Crippen molar-refractivity contribution in [3.8, 4) is 0 Å². The first-order valence-corrected chi connectivity index (χ1v) is 8.92. The van der Waals surface area contributed by atoms with Crippen LogP contribution < -0.4 is 0 Å². The van der Waals surface area contributed by atoms with Crippen molar-refractivity contribution < 1.29 is 4.79 Å². The molecule has 1 amide bonds. The maximum Gasteiger partial charge on any atom is 0.226 e. The maximum absolute atomic E-state index is 12.8. The molecule has 0 saturated carbocycles. The number of nitrogens with zero attached hydrogens (tertiary/aromatic N) is 4. The molecule has 0 bridgehead atoms. The Morgan fingerprint density at radius 3 is 2.71 bits per heavy atom. The summed E-state index contributed by atoms with van der Waals surface area (Å²) in [4.78, 5) is 23.7. The van der Waals surface area contributed by atoms with Gasteiger partial charge in [0.05, 0.1) is 0 Å². The van der Waals surface area contributed by atoms with Crippen molar-refractivity contribution in [3.63, 3.8) is 0 Å². The molecule has 0 aliphatic carbocycles. The molecule has 5 heteroatoms. The van der Waals surface area contributed by atoms with Crippen LogP contribution in [0.5, 0.6) is 0 Å². The molecule has 1 fully saturated rings. The van der Waals surface area contributed by atoms with Gasteiger partial charge in [-0.25, -0.2) is 4.98 Å². The van der Waals surface area contributed by atoms with Gasteiger partial charge in [-0.05, 0) is 43.7 Å². The molecular weight excluding hydrogens is 300 g/mol. The molecule has 2 aliphatic rings. The number of piperidine rings is 1. The first kappa shape index (κ1) is 15.4. The Morgan fingerprint density at radius 1 is 1.12 bits per heavy atom. The van der Waals surface area contributed by atoms with Crippen molar-refractivity contribution in [3.05, 3.63) is 47.8 Å². The zero-order valence-electron chi connectivity index (χ0n) is 14.2. The molecule has 0 aromatic carbocycles. The molecule has 4 rings (SSSR count). The molecule has 126 valence electrons. The third-order valence-corrected chi connectivity index (χ3v) is 5.51. The lowest BCUT2D eigenvalue weighted by Crippen LogP contribution is -2.43. The lowest BCUT2D eigenvalue weighted by atomic mass is 9.89. The highest BCUT2D eigenvalue weighted by Gasteiger charge is 2.31. The summed E-state index contributed by atoms with van der Waals surface area (Å²) >= 11 is 0. The van der Waals surface area contributed by atoms with Crippen LogP contribution in [0.1, 0.15) is 42.3 Å². The largest absolute Gasteiger partial charge is 0.342 e. The first-order chi connectivity index (χ1) is 11.7. The average molecular weight is 324 g/mol. The van der Waals surface area contributed by atoms with E-state index in [1.54, 1.807) is 0 Å². The Balaban J connectivity index is 1.36. The highest BCUT2D eigenvalue weighted by Crippen LogP contribution is 2.29. The molecule has 0 unspecified atom stereocenters. The molecule has 1 saturated heterocycles. The molecule has 4 heterocycles. The van der Waals surface area contributed by atoms with Crippen molar-refractivity contribution >= 4 is 5.91 Å². The highest BCUT2D eigenvalue weighted by atomic mass is 16.2. The number of carbonyl (C=O) groups is 1. The van der Waals surface area contributed by atoms with Crippen LogP contribution in [0.4, 0.5) is 0 Å². The minimum atomic E-state index is 0.109. The topological polar surface area (TPSA) is 51.0 Å². The van der Waals surface area contributed by atoms with Crippen LogP contribution in [0.25, 0.3) is 0 Å². The van der Waals surface area contributed by atoms with Gasteiger partial charge in [-0.1, -0.05) is 6.07 Å². The van der Waals surface area contributed by atoms with E-state index in [9.17, 15) is 4.79 Å². The second-order valence-electron chi connectivity index (χ2n) is 7.06. The summed E-state index contributed by atoms with van der Waals surface area (Å²) < 4.78 is 2.17. The number of imidazole rings is 1. The number of aromatic nitrogens is 3. The van der Waals surface area contributed by atoms with Crippen LogP contribution in [0.3, 0.4) is 0 Å². The number of fused-ring (bicyclic) bond motifs is 1. The van der Waals surface area contributed by atoms with E-state index in [2.05, 4.69) is 31.6 Å². The Kier molecular flexibility index (Phi) is 4.08. The molecule has 1 atom stereocenters. The van der Waals surface area contributed by atoms with Crippen LogP contribution in [-0.4, -0.2) is 38.4 Å². The van der Waals surface area contributed by atoms with E-state index in [4.69, 9.17) is 0 Å². The van der Waals surface area contributed by atoms with Gasteiger partial charge in [0.1, 0.15) is 5.82 Å². The summed E-state index contributed by atoms with van der Waals surface area (Å²) in [6.07, 6.45) is 9.65. The SMILES string of the molecule is Cc1ccc(C2CCN(C(=O)[C@H]3CCn4ccnc4C3)CC2)cn1. The number of carbonyl (C=O) groups excluding carboxylic acids is 1. The van der Waals surface area contributed by atoms with E-state index in [1.165, 1.54) is 5.56 Å². The molecule has 2 aromatic heterocycles. The molecule has 5 nitrogen and oxygen atoms in total. The van der Waals surface area contributed by atoms with Crippen molar-refractivity contribution in [2.24, 2.45) is 5.92 Å². The predicted octanol–water partition coefficient (Wildman–Crippen LogP) is 2.56. The van der Waals surface area contributed by atoms with Crippen LogP contribution >= 0.6 is 0 Å². The van der Waals surface area contributed by atoms with Gasteiger partial charge in [0, 0.05) is 56.3 Å². The van der Waals surface area contributed by atoms with Crippen LogP contribution in [0.2, 0.25) is 0 Å². The zero-order chi connectivity index (χ0) is 16.5. The van der Waals surface area contributed by atoms with Gasteiger partial charge in [-0.2, -0.15) is 0 Å². The monoisotopic (exact) mass is 324 g/mol. The standard InChI is InChI=1S/C19H24N4O/c1-14-2-3-17(13-21-14)15-4-9-23(10-5-15)19(24)16-6-8-22-11-7-20-18(22)12-16/h2-3,7,11,13,15-16H,4-6,8-10,12H2,1H3/t16-/m0/s1. The molecule has 0 radical (unpaired) electrons. The number of rotatable bonds is 2. The molecule has 24 heavy (non-hydrogen) atoms. The van der Waals surface area contributed by atoms with Crippen molar-refractivity contribution in [1.82, 2.24) is 19.4 Å². The highest BCUT2D eigenvalue weighted by molar-refractivity contribution is 5.79. The van der Waals surface area contributed by atoms with Crippen molar-refractivity contribution in [1.29, 1.82) is 0 Å². The lowest BCUT2D eigenvalue weighted by molar-refractivity contribution is -0.137. The minimum absolute atomic E-state index is 0.109. The lowest BCUT2D eigenvalue weighted by Gasteiger charge is -2.35. The van der Waals surface area contributed by atoms with Gasteiger partial charge in [0.25, 0.3) is 0 Å². The Hall–Kier alpha value is -2.17. The van der Waals surface area contributed by atoms with Gasteiger partial charge in [0.2, 0.25) is 5.91 Å². The summed E-state index contributed by atoms with van der Waals surface area (Å²) in [5, 5.41) is 0. The first-order valence-electron chi connectivity index (χ1n) is 8.92. The van der Waals surface area contributed by atoms with E-state index in [1.807, 2.05) is 25.5 Å². The normalized spacial score (nSPS) is 21.5. The van der Waals surface area contributed by atoms with Crippen molar-refractivity contribution in [2.75, 3.05) is 13.1 Å². The van der Waals surface area contributed by atoms with Gasteiger partial charge < -0.3 is 9.47 Å². The summed E-state index contributed by atoms with van der Waals surface area (Å²) in [7, 11) is 0. The van der Waals surface area contributed by atoms with Crippen LogP contribution in [0.15, 0.2) is 30.7 Å². The number of likely N-dealkylation sites (tertiary alicyclic amines) is 1. The molecule has 0 spiro atoms. The fourth-order valence-electron chi connectivity index (χ4n) is 3.97. The summed E-state index contributed by atoms with van der Waals surface area (Å²) in [5.74, 6) is 2.02. The Morgan fingerprint density at radius 2 is 1.96 bits per heavy atom. The zero-order valence-corrected chi connectivity index (χ0v) is 14.2. The van der Waals surface area contributed by atoms with Crippen LogP contribution in [-0.2, 0) is 17.8 Å². The fourth-order valence-corrected chi connectivity index (χ4v) is 3.97. The smallest absolute Gasteiger partial charge is 0.226 e. The summed E-state index contributed by atoms with van der Waals surface area (Å²) in [6.45, 7) is 4.66. The second-order valence-corrected chi connectivity index (χ2v) is 7.06. The van der Waals surface area contributed by atoms with Gasteiger partial charge >= 0.3 is 0 Å². The van der Waals surface area contributed by atoms with Gasteiger partial charge in [0.15, 0.2) is 0 Å². The van der Waals surface area contributed by atoms with E-state index in [0.717, 1.165) is 56.8 Å². The quantitative estimate of drug-likeness (QED) is 0.853. The minimum Gasteiger partial charge on any atom is -0.342 e. The Labute approximate surface area is 142 Å². The number of hydrogen-bond donors (Lipinski definition) is 0. The number of aryl methyl sites for hydroxylation is 2. The molecule has 2 aromatic rings. The average Bonchev–Trinajstić information content (AvgIpc) is 3.09.